The fourth-order valence-corrected chi connectivity index (χ4v) is 5.07. The van der Waals surface area contributed by atoms with Gasteiger partial charge < -0.3 is 4.74 Å². The highest BCUT2D eigenvalue weighted by atomic mass is 19.4. The molecule has 0 amide bonds. The van der Waals surface area contributed by atoms with E-state index in [1.54, 1.807) is 12.1 Å². The van der Waals surface area contributed by atoms with Gasteiger partial charge in [0, 0.05) is 6.61 Å². The fraction of sp³-hybridized carbons (Fsp3) is 0.739. The van der Waals surface area contributed by atoms with Gasteiger partial charge in [-0.25, -0.2) is 0 Å². The highest BCUT2D eigenvalue weighted by molar-refractivity contribution is 5.26. The van der Waals surface area contributed by atoms with E-state index < -0.39 is 12.6 Å². The van der Waals surface area contributed by atoms with Crippen LogP contribution in [-0.2, 0) is 11.2 Å². The van der Waals surface area contributed by atoms with Crippen molar-refractivity contribution in [2.75, 3.05) is 6.61 Å². The first kappa shape index (κ1) is 20.7. The Morgan fingerprint density at radius 1 is 0.852 bits per heavy atom. The maximum Gasteiger partial charge on any atom is 0.393 e. The SMILES string of the molecule is CCCOC1CCC(C2CCC(c3ccc(CC(F)(F)F)cc3)CC2)CC1. The number of rotatable bonds is 6. The predicted octanol–water partition coefficient (Wildman–Crippen LogP) is 7.05. The number of hydrogen-bond donors (Lipinski definition) is 0. The van der Waals surface area contributed by atoms with Crippen molar-refractivity contribution in [2.45, 2.75) is 89.3 Å². The van der Waals surface area contributed by atoms with Crippen molar-refractivity contribution in [1.29, 1.82) is 0 Å². The summed E-state index contributed by atoms with van der Waals surface area (Å²) in [5.74, 6) is 2.20. The summed E-state index contributed by atoms with van der Waals surface area (Å²) in [5, 5.41) is 0. The van der Waals surface area contributed by atoms with Gasteiger partial charge in [0.15, 0.2) is 0 Å². The molecule has 4 heteroatoms. The van der Waals surface area contributed by atoms with Gasteiger partial charge in [0.1, 0.15) is 0 Å². The van der Waals surface area contributed by atoms with E-state index in [9.17, 15) is 13.2 Å². The van der Waals surface area contributed by atoms with Crippen LogP contribution in [0.15, 0.2) is 24.3 Å². The van der Waals surface area contributed by atoms with Crippen molar-refractivity contribution in [3.63, 3.8) is 0 Å². The van der Waals surface area contributed by atoms with E-state index in [1.807, 2.05) is 12.1 Å². The van der Waals surface area contributed by atoms with E-state index in [-0.39, 0.29) is 0 Å². The lowest BCUT2D eigenvalue weighted by atomic mass is 9.69. The Morgan fingerprint density at radius 3 is 1.93 bits per heavy atom. The first-order valence-electron chi connectivity index (χ1n) is 10.7. The zero-order valence-corrected chi connectivity index (χ0v) is 16.4. The standard InChI is InChI=1S/C23H33F3O/c1-2-15-27-22-13-11-21(12-14-22)20-9-7-19(8-10-20)18-5-3-17(4-6-18)16-23(24,25)26/h3-6,19-22H,2,7-16H2,1H3. The fourth-order valence-electron chi connectivity index (χ4n) is 5.07. The van der Waals surface area contributed by atoms with Gasteiger partial charge in [0.05, 0.1) is 12.5 Å². The van der Waals surface area contributed by atoms with Crippen molar-refractivity contribution in [3.8, 4) is 0 Å². The quantitative estimate of drug-likeness (QED) is 0.512. The zero-order valence-electron chi connectivity index (χ0n) is 16.4. The van der Waals surface area contributed by atoms with Gasteiger partial charge in [-0.3, -0.25) is 0 Å². The second kappa shape index (κ2) is 9.45. The van der Waals surface area contributed by atoms with Crippen LogP contribution < -0.4 is 0 Å². The summed E-state index contributed by atoms with van der Waals surface area (Å²) >= 11 is 0. The molecule has 0 saturated heterocycles. The van der Waals surface area contributed by atoms with E-state index in [0.717, 1.165) is 24.9 Å². The number of benzene rings is 1. The average molecular weight is 383 g/mol. The van der Waals surface area contributed by atoms with Crippen molar-refractivity contribution in [2.24, 2.45) is 11.8 Å². The van der Waals surface area contributed by atoms with Gasteiger partial charge in [-0.05, 0) is 86.7 Å². The maximum absolute atomic E-state index is 12.5. The van der Waals surface area contributed by atoms with Gasteiger partial charge in [-0.1, -0.05) is 31.2 Å². The molecule has 0 spiro atoms. The summed E-state index contributed by atoms with van der Waals surface area (Å²) in [5.41, 5.74) is 1.58. The minimum Gasteiger partial charge on any atom is -0.378 e. The molecule has 0 N–H and O–H groups in total. The highest BCUT2D eigenvalue weighted by Crippen LogP contribution is 2.43. The number of hydrogen-bond acceptors (Lipinski definition) is 1. The third-order valence-electron chi connectivity index (χ3n) is 6.57. The minimum absolute atomic E-state index is 0.363. The van der Waals surface area contributed by atoms with E-state index in [4.69, 9.17) is 4.74 Å². The van der Waals surface area contributed by atoms with Gasteiger partial charge >= 0.3 is 6.18 Å². The molecule has 2 fully saturated rings. The highest BCUT2D eigenvalue weighted by Gasteiger charge is 2.32. The van der Waals surface area contributed by atoms with Crippen molar-refractivity contribution in [3.05, 3.63) is 35.4 Å². The largest absolute Gasteiger partial charge is 0.393 e. The zero-order chi connectivity index (χ0) is 19.3. The molecule has 2 saturated carbocycles. The van der Waals surface area contributed by atoms with Crippen LogP contribution in [0.3, 0.4) is 0 Å². The lowest BCUT2D eigenvalue weighted by Gasteiger charge is -2.38. The van der Waals surface area contributed by atoms with Crippen LogP contribution in [0.1, 0.15) is 81.8 Å². The number of halogens is 3. The van der Waals surface area contributed by atoms with Crippen LogP contribution in [0.2, 0.25) is 0 Å². The number of ether oxygens (including phenoxy) is 1. The molecule has 0 bridgehead atoms. The molecular weight excluding hydrogens is 349 g/mol. The predicted molar refractivity (Wildman–Crippen MR) is 103 cm³/mol. The Labute approximate surface area is 161 Å². The molecule has 2 aliphatic rings. The molecule has 3 rings (SSSR count). The molecule has 0 aromatic heterocycles. The first-order chi connectivity index (χ1) is 12.9. The Morgan fingerprint density at radius 2 is 1.41 bits per heavy atom. The molecule has 2 aliphatic carbocycles. The molecule has 1 aromatic rings. The molecule has 152 valence electrons. The summed E-state index contributed by atoms with van der Waals surface area (Å²) in [6.45, 7) is 3.05. The topological polar surface area (TPSA) is 9.23 Å². The maximum atomic E-state index is 12.5. The summed E-state index contributed by atoms with van der Waals surface area (Å²) < 4.78 is 43.4. The second-order valence-corrected chi connectivity index (χ2v) is 8.55. The third kappa shape index (κ3) is 6.23. The molecule has 1 aromatic carbocycles. The van der Waals surface area contributed by atoms with Crippen molar-refractivity contribution in [1.82, 2.24) is 0 Å². The number of alkyl halides is 3. The third-order valence-corrected chi connectivity index (χ3v) is 6.57. The van der Waals surface area contributed by atoms with Gasteiger partial charge in [0.2, 0.25) is 0 Å². The summed E-state index contributed by atoms with van der Waals surface area (Å²) in [6.07, 6.45) is 6.53. The summed E-state index contributed by atoms with van der Waals surface area (Å²) in [6, 6.07) is 7.16. The lowest BCUT2D eigenvalue weighted by molar-refractivity contribution is -0.127. The van der Waals surface area contributed by atoms with E-state index >= 15 is 0 Å². The molecule has 0 atom stereocenters. The van der Waals surface area contributed by atoms with Crippen LogP contribution >= 0.6 is 0 Å². The first-order valence-corrected chi connectivity index (χ1v) is 10.7. The summed E-state index contributed by atoms with van der Waals surface area (Å²) in [7, 11) is 0. The molecule has 27 heavy (non-hydrogen) atoms. The summed E-state index contributed by atoms with van der Waals surface area (Å²) in [4.78, 5) is 0. The van der Waals surface area contributed by atoms with Gasteiger partial charge in [0.25, 0.3) is 0 Å². The lowest BCUT2D eigenvalue weighted by Crippen LogP contribution is -2.28. The Hall–Kier alpha value is -1.03. The Bertz CT molecular complexity index is 550. The minimum atomic E-state index is -4.12. The van der Waals surface area contributed by atoms with E-state index in [0.29, 0.717) is 17.6 Å². The normalized spacial score (nSPS) is 29.6. The smallest absolute Gasteiger partial charge is 0.378 e. The van der Waals surface area contributed by atoms with Gasteiger partial charge in [-0.15, -0.1) is 0 Å². The molecule has 1 nitrogen and oxygen atoms in total. The van der Waals surface area contributed by atoms with Crippen LogP contribution in [0.5, 0.6) is 0 Å². The monoisotopic (exact) mass is 382 g/mol. The average Bonchev–Trinajstić information content (AvgIpc) is 2.66. The van der Waals surface area contributed by atoms with Crippen LogP contribution in [0.25, 0.3) is 0 Å². The molecular formula is C23H33F3O. The molecule has 0 radical (unpaired) electrons. The van der Waals surface area contributed by atoms with Crippen LogP contribution in [0.4, 0.5) is 13.2 Å². The Kier molecular flexibility index (Phi) is 7.24. The van der Waals surface area contributed by atoms with Crippen LogP contribution in [-0.4, -0.2) is 18.9 Å². The van der Waals surface area contributed by atoms with Crippen LogP contribution in [0, 0.1) is 11.8 Å². The van der Waals surface area contributed by atoms with E-state index in [1.165, 1.54) is 56.9 Å². The second-order valence-electron chi connectivity index (χ2n) is 8.55. The van der Waals surface area contributed by atoms with Crippen molar-refractivity contribution >= 4 is 0 Å². The van der Waals surface area contributed by atoms with Gasteiger partial charge in [-0.2, -0.15) is 13.2 Å². The van der Waals surface area contributed by atoms with E-state index in [2.05, 4.69) is 6.92 Å². The molecule has 0 unspecified atom stereocenters. The molecule has 0 heterocycles. The Balaban J connectivity index is 1.44. The van der Waals surface area contributed by atoms with Crippen molar-refractivity contribution < 1.29 is 17.9 Å². The molecule has 0 aliphatic heterocycles.